The van der Waals surface area contributed by atoms with Gasteiger partial charge in [0.1, 0.15) is 5.75 Å². The van der Waals surface area contributed by atoms with Crippen molar-refractivity contribution < 1.29 is 14.9 Å². The van der Waals surface area contributed by atoms with Gasteiger partial charge in [-0.05, 0) is 31.0 Å². The molecule has 0 aliphatic heterocycles. The summed E-state index contributed by atoms with van der Waals surface area (Å²) in [6.45, 7) is 4.96. The molecular weight excluding hydrogens is 242 g/mol. The lowest BCUT2D eigenvalue weighted by Crippen LogP contribution is -2.40. The summed E-state index contributed by atoms with van der Waals surface area (Å²) in [5, 5.41) is 22.9. The number of nitrogens with one attached hydrogen (secondary N) is 1. The molecule has 0 aromatic heterocycles. The van der Waals surface area contributed by atoms with Gasteiger partial charge in [-0.2, -0.15) is 0 Å². The Morgan fingerprint density at radius 3 is 2.47 bits per heavy atom. The van der Waals surface area contributed by atoms with E-state index < -0.39 is 5.60 Å². The zero-order valence-corrected chi connectivity index (χ0v) is 12.0. The molecule has 0 bridgehead atoms. The maximum atomic E-state index is 10.2. The van der Waals surface area contributed by atoms with Crippen LogP contribution in [-0.2, 0) is 4.74 Å². The van der Waals surface area contributed by atoms with E-state index >= 15 is 0 Å². The highest BCUT2D eigenvalue weighted by Crippen LogP contribution is 2.20. The molecular formula is C15H25NO3. The molecule has 0 saturated carbocycles. The molecule has 0 spiro atoms. The molecule has 0 aliphatic rings. The predicted octanol–water partition coefficient (Wildman–Crippen LogP) is 2.22. The highest BCUT2D eigenvalue weighted by Gasteiger charge is 2.21. The largest absolute Gasteiger partial charge is 0.508 e. The zero-order chi connectivity index (χ0) is 14.3. The van der Waals surface area contributed by atoms with Crippen molar-refractivity contribution in [3.8, 4) is 5.75 Å². The molecule has 4 heteroatoms. The number of hydrogen-bond donors (Lipinski definition) is 3. The molecule has 4 nitrogen and oxygen atoms in total. The number of phenols is 1. The van der Waals surface area contributed by atoms with Gasteiger partial charge in [-0.25, -0.2) is 0 Å². The first-order valence-electron chi connectivity index (χ1n) is 6.72. The minimum absolute atomic E-state index is 0.176. The van der Waals surface area contributed by atoms with Crippen molar-refractivity contribution in [2.45, 2.75) is 38.3 Å². The van der Waals surface area contributed by atoms with Crippen molar-refractivity contribution in [3.05, 3.63) is 29.8 Å². The van der Waals surface area contributed by atoms with E-state index in [1.54, 1.807) is 19.2 Å². The molecule has 2 atom stereocenters. The maximum Gasteiger partial charge on any atom is 0.115 e. The molecule has 19 heavy (non-hydrogen) atoms. The Balaban J connectivity index is 2.55. The van der Waals surface area contributed by atoms with Crippen LogP contribution < -0.4 is 5.32 Å². The van der Waals surface area contributed by atoms with Gasteiger partial charge in [-0.15, -0.1) is 0 Å². The van der Waals surface area contributed by atoms with Crippen LogP contribution in [0, 0.1) is 0 Å². The molecule has 0 heterocycles. The van der Waals surface area contributed by atoms with Crippen molar-refractivity contribution in [1.29, 1.82) is 0 Å². The Hall–Kier alpha value is -1.10. The lowest BCUT2D eigenvalue weighted by molar-refractivity contribution is 0.0226. The van der Waals surface area contributed by atoms with Crippen LogP contribution in [0.5, 0.6) is 5.75 Å². The average Bonchev–Trinajstić information content (AvgIpc) is 2.39. The number of phenolic OH excluding ortho intramolecular Hbond substituents is 1. The number of benzene rings is 1. The van der Waals surface area contributed by atoms with Gasteiger partial charge in [0.25, 0.3) is 0 Å². The molecule has 0 saturated heterocycles. The van der Waals surface area contributed by atoms with Gasteiger partial charge in [0, 0.05) is 32.7 Å². The summed E-state index contributed by atoms with van der Waals surface area (Å²) >= 11 is 0. The van der Waals surface area contributed by atoms with Crippen LogP contribution in [0.2, 0.25) is 0 Å². The normalized spacial score (nSPS) is 16.0. The van der Waals surface area contributed by atoms with Gasteiger partial charge >= 0.3 is 0 Å². The van der Waals surface area contributed by atoms with E-state index in [0.29, 0.717) is 19.6 Å². The Morgan fingerprint density at radius 2 is 1.95 bits per heavy atom. The first-order chi connectivity index (χ1) is 8.98. The second-order valence-electron chi connectivity index (χ2n) is 5.17. The van der Waals surface area contributed by atoms with Crippen molar-refractivity contribution in [1.82, 2.24) is 5.32 Å². The second kappa shape index (κ2) is 7.48. The van der Waals surface area contributed by atoms with Gasteiger partial charge in [0.15, 0.2) is 0 Å². The molecule has 3 N–H and O–H groups in total. The lowest BCUT2D eigenvalue weighted by Gasteiger charge is -2.27. The summed E-state index contributed by atoms with van der Waals surface area (Å²) in [6.07, 6.45) is 1.52. The molecule has 0 amide bonds. The van der Waals surface area contributed by atoms with E-state index in [-0.39, 0.29) is 11.8 Å². The number of methoxy groups -OCH3 is 1. The van der Waals surface area contributed by atoms with E-state index in [4.69, 9.17) is 4.74 Å². The minimum Gasteiger partial charge on any atom is -0.508 e. The van der Waals surface area contributed by atoms with E-state index in [1.807, 2.05) is 19.1 Å². The third-order valence-electron chi connectivity index (χ3n) is 3.28. The summed E-state index contributed by atoms with van der Waals surface area (Å²) in [5.74, 6) is 0.269. The van der Waals surface area contributed by atoms with E-state index in [1.165, 1.54) is 0 Å². The van der Waals surface area contributed by atoms with Crippen molar-refractivity contribution in [3.63, 3.8) is 0 Å². The average molecular weight is 267 g/mol. The monoisotopic (exact) mass is 267 g/mol. The number of hydrogen-bond acceptors (Lipinski definition) is 4. The number of ether oxygens (including phenoxy) is 1. The predicted molar refractivity (Wildman–Crippen MR) is 76.3 cm³/mol. The van der Waals surface area contributed by atoms with Crippen LogP contribution in [0.3, 0.4) is 0 Å². The van der Waals surface area contributed by atoms with E-state index in [9.17, 15) is 10.2 Å². The van der Waals surface area contributed by atoms with Crippen molar-refractivity contribution in [2.24, 2.45) is 0 Å². The topological polar surface area (TPSA) is 61.7 Å². The summed E-state index contributed by atoms with van der Waals surface area (Å²) in [4.78, 5) is 0. The molecule has 0 radical (unpaired) electrons. The standard InChI is InChI=1S/C15H25NO3/c1-4-14(12-5-7-13(17)8-6-12)16-11-15(2,18)9-10-19-3/h5-8,14,16-18H,4,9-11H2,1-3H3. The molecule has 0 fully saturated rings. The fourth-order valence-corrected chi connectivity index (χ4v) is 1.96. The second-order valence-corrected chi connectivity index (χ2v) is 5.17. The van der Waals surface area contributed by atoms with Crippen LogP contribution in [0.15, 0.2) is 24.3 Å². The molecule has 0 aliphatic carbocycles. The van der Waals surface area contributed by atoms with Gasteiger partial charge in [0.2, 0.25) is 0 Å². The third-order valence-corrected chi connectivity index (χ3v) is 3.28. The van der Waals surface area contributed by atoms with Crippen LogP contribution >= 0.6 is 0 Å². The molecule has 1 aromatic rings. The van der Waals surface area contributed by atoms with E-state index in [0.717, 1.165) is 12.0 Å². The first kappa shape index (κ1) is 16.0. The van der Waals surface area contributed by atoms with Gasteiger partial charge in [0.05, 0.1) is 5.60 Å². The summed E-state index contributed by atoms with van der Waals surface area (Å²) < 4.78 is 4.99. The van der Waals surface area contributed by atoms with Crippen molar-refractivity contribution in [2.75, 3.05) is 20.3 Å². The molecule has 2 unspecified atom stereocenters. The molecule has 108 valence electrons. The number of aromatic hydroxyl groups is 1. The Labute approximate surface area is 115 Å². The summed E-state index contributed by atoms with van der Waals surface area (Å²) in [7, 11) is 1.63. The van der Waals surface area contributed by atoms with Crippen molar-refractivity contribution >= 4 is 0 Å². The van der Waals surface area contributed by atoms with Gasteiger partial charge in [-0.3, -0.25) is 0 Å². The van der Waals surface area contributed by atoms with Gasteiger partial charge < -0.3 is 20.3 Å². The van der Waals surface area contributed by atoms with Crippen LogP contribution in [0.25, 0.3) is 0 Å². The van der Waals surface area contributed by atoms with Gasteiger partial charge in [-0.1, -0.05) is 19.1 Å². The fourth-order valence-electron chi connectivity index (χ4n) is 1.96. The third kappa shape index (κ3) is 5.59. The van der Waals surface area contributed by atoms with Crippen LogP contribution in [-0.4, -0.2) is 36.1 Å². The van der Waals surface area contributed by atoms with Crippen LogP contribution in [0.1, 0.15) is 38.3 Å². The number of aliphatic hydroxyl groups is 1. The smallest absolute Gasteiger partial charge is 0.115 e. The molecule has 1 aromatic carbocycles. The Morgan fingerprint density at radius 1 is 1.32 bits per heavy atom. The van der Waals surface area contributed by atoms with E-state index in [2.05, 4.69) is 12.2 Å². The zero-order valence-electron chi connectivity index (χ0n) is 12.0. The Kier molecular flexibility index (Phi) is 6.28. The summed E-state index contributed by atoms with van der Waals surface area (Å²) in [6, 6.07) is 7.35. The quantitative estimate of drug-likeness (QED) is 0.676. The first-order valence-corrected chi connectivity index (χ1v) is 6.72. The molecule has 1 rings (SSSR count). The fraction of sp³-hybridized carbons (Fsp3) is 0.600. The number of rotatable bonds is 8. The minimum atomic E-state index is -0.777. The highest BCUT2D eigenvalue weighted by atomic mass is 16.5. The lowest BCUT2D eigenvalue weighted by atomic mass is 10.00. The van der Waals surface area contributed by atoms with Crippen LogP contribution in [0.4, 0.5) is 0 Å². The maximum absolute atomic E-state index is 10.2. The Bertz CT molecular complexity index is 362. The highest BCUT2D eigenvalue weighted by molar-refractivity contribution is 5.28. The summed E-state index contributed by atoms with van der Waals surface area (Å²) in [5.41, 5.74) is 0.336. The SMILES string of the molecule is CCC(NCC(C)(O)CCOC)c1ccc(O)cc1.